The van der Waals surface area contributed by atoms with Crippen LogP contribution in [0.25, 0.3) is 22.0 Å². The van der Waals surface area contributed by atoms with Crippen LogP contribution in [0.3, 0.4) is 0 Å². The molecule has 162 valence electrons. The molecule has 9 heteroatoms. The molecule has 0 aliphatic heterocycles. The molecule has 0 fully saturated rings. The average molecular weight is 440 g/mol. The average Bonchev–Trinajstić information content (AvgIpc) is 2.75. The number of nitrogens with one attached hydrogen (secondary N) is 1. The predicted molar refractivity (Wildman–Crippen MR) is 113 cm³/mol. The van der Waals surface area contributed by atoms with Crippen LogP contribution in [0.4, 0.5) is 29.1 Å². The number of nitrogen functional groups attached to an aromatic ring is 1. The minimum absolute atomic E-state index is 0.000932. The van der Waals surface area contributed by atoms with Crippen LogP contribution in [0.15, 0.2) is 60.9 Å². The Morgan fingerprint density at radius 3 is 2.53 bits per heavy atom. The number of alkyl halides is 3. The summed E-state index contributed by atoms with van der Waals surface area (Å²) in [5.74, 6) is -1.33. The van der Waals surface area contributed by atoms with Gasteiger partial charge in [-0.1, -0.05) is 12.1 Å². The number of amides is 1. The first-order valence-electron chi connectivity index (χ1n) is 9.43. The Hall–Kier alpha value is -4.01. The van der Waals surface area contributed by atoms with Gasteiger partial charge < -0.3 is 11.1 Å². The number of carbonyl (C=O) groups is 1. The summed E-state index contributed by atoms with van der Waals surface area (Å²) in [6, 6.07) is 12.1. The van der Waals surface area contributed by atoms with E-state index in [9.17, 15) is 18.0 Å². The lowest BCUT2D eigenvalue weighted by atomic mass is 9.97. The molecular weight excluding hydrogens is 424 g/mol. The fourth-order valence-corrected chi connectivity index (χ4v) is 3.37. The van der Waals surface area contributed by atoms with Crippen LogP contribution in [0.5, 0.6) is 0 Å². The molecule has 0 saturated heterocycles. The molecule has 3 aromatic carbocycles. The Morgan fingerprint density at radius 1 is 1.00 bits per heavy atom. The van der Waals surface area contributed by atoms with Gasteiger partial charge in [0.25, 0.3) is 5.91 Å². The van der Waals surface area contributed by atoms with Crippen molar-refractivity contribution in [3.05, 3.63) is 83.4 Å². The largest absolute Gasteiger partial charge is 0.416 e. The molecule has 1 aromatic heterocycles. The van der Waals surface area contributed by atoms with Crippen molar-refractivity contribution in [2.75, 3.05) is 11.1 Å². The SMILES string of the molecule is Cc1ccc(NC(=O)c2cccc(C(F)(F)F)c2)cc1-c1ccc2ncnc(N)c2c1F. The van der Waals surface area contributed by atoms with E-state index < -0.39 is 23.5 Å². The summed E-state index contributed by atoms with van der Waals surface area (Å²) in [6.07, 6.45) is -3.32. The summed E-state index contributed by atoms with van der Waals surface area (Å²) >= 11 is 0. The standard InChI is InChI=1S/C23H16F4N4O/c1-12-5-6-15(31-22(32)13-3-2-4-14(9-13)23(25,26)27)10-17(12)16-7-8-18-19(20(16)24)21(28)30-11-29-18/h2-11H,1H3,(H,31,32)(H2,28,29,30). The van der Waals surface area contributed by atoms with Gasteiger partial charge in [0.15, 0.2) is 0 Å². The molecule has 0 atom stereocenters. The molecule has 0 unspecified atom stereocenters. The van der Waals surface area contributed by atoms with Crippen molar-refractivity contribution in [2.24, 2.45) is 0 Å². The number of hydrogen-bond donors (Lipinski definition) is 2. The van der Waals surface area contributed by atoms with Crippen molar-refractivity contribution >= 4 is 28.3 Å². The van der Waals surface area contributed by atoms with Crippen LogP contribution in [0, 0.1) is 12.7 Å². The molecule has 0 saturated carbocycles. The third kappa shape index (κ3) is 3.96. The Labute approximate surface area is 179 Å². The number of carbonyl (C=O) groups excluding carboxylic acids is 1. The number of aromatic nitrogens is 2. The van der Waals surface area contributed by atoms with Gasteiger partial charge in [0.05, 0.1) is 16.5 Å². The Balaban J connectivity index is 1.70. The smallest absolute Gasteiger partial charge is 0.383 e. The molecule has 4 rings (SSSR count). The van der Waals surface area contributed by atoms with Crippen molar-refractivity contribution in [2.45, 2.75) is 13.1 Å². The summed E-state index contributed by atoms with van der Waals surface area (Å²) in [7, 11) is 0. The van der Waals surface area contributed by atoms with Gasteiger partial charge in [-0.25, -0.2) is 14.4 Å². The first-order chi connectivity index (χ1) is 15.1. The van der Waals surface area contributed by atoms with Crippen molar-refractivity contribution < 1.29 is 22.4 Å². The predicted octanol–water partition coefficient (Wildman–Crippen LogP) is 5.60. The maximum Gasteiger partial charge on any atom is 0.416 e. The van der Waals surface area contributed by atoms with Crippen LogP contribution >= 0.6 is 0 Å². The molecule has 4 aromatic rings. The van der Waals surface area contributed by atoms with Gasteiger partial charge in [0, 0.05) is 16.8 Å². The summed E-state index contributed by atoms with van der Waals surface area (Å²) in [6.45, 7) is 1.77. The molecule has 0 aliphatic carbocycles. The fraction of sp³-hybridized carbons (Fsp3) is 0.0870. The lowest BCUT2D eigenvalue weighted by Crippen LogP contribution is -2.14. The second-order valence-electron chi connectivity index (χ2n) is 7.14. The number of hydrogen-bond acceptors (Lipinski definition) is 4. The van der Waals surface area contributed by atoms with Gasteiger partial charge in [0.1, 0.15) is 18.0 Å². The van der Waals surface area contributed by atoms with Crippen LogP contribution < -0.4 is 11.1 Å². The van der Waals surface area contributed by atoms with Gasteiger partial charge in [-0.3, -0.25) is 4.79 Å². The van der Waals surface area contributed by atoms with Crippen LogP contribution in [-0.4, -0.2) is 15.9 Å². The zero-order valence-corrected chi connectivity index (χ0v) is 16.7. The van der Waals surface area contributed by atoms with Gasteiger partial charge in [-0.15, -0.1) is 0 Å². The summed E-state index contributed by atoms with van der Waals surface area (Å²) in [4.78, 5) is 20.4. The second kappa shape index (κ2) is 7.92. The van der Waals surface area contributed by atoms with Crippen LogP contribution in [-0.2, 0) is 6.18 Å². The second-order valence-corrected chi connectivity index (χ2v) is 7.14. The number of rotatable bonds is 3. The minimum Gasteiger partial charge on any atom is -0.383 e. The maximum absolute atomic E-state index is 15.3. The number of aryl methyl sites for hydroxylation is 1. The van der Waals surface area contributed by atoms with Crippen molar-refractivity contribution in [1.29, 1.82) is 0 Å². The summed E-state index contributed by atoms with van der Waals surface area (Å²) < 4.78 is 54.1. The summed E-state index contributed by atoms with van der Waals surface area (Å²) in [5.41, 5.74) is 6.82. The number of anilines is 2. The van der Waals surface area contributed by atoms with Gasteiger partial charge in [-0.05, 0) is 60.5 Å². The molecule has 5 nitrogen and oxygen atoms in total. The third-order valence-corrected chi connectivity index (χ3v) is 5.01. The van der Waals surface area contributed by atoms with E-state index in [1.165, 1.54) is 12.4 Å². The third-order valence-electron chi connectivity index (χ3n) is 5.01. The molecule has 32 heavy (non-hydrogen) atoms. The normalized spacial score (nSPS) is 11.5. The molecule has 1 amide bonds. The molecule has 1 heterocycles. The molecule has 3 N–H and O–H groups in total. The maximum atomic E-state index is 15.3. The van der Waals surface area contributed by atoms with Gasteiger partial charge in [0.2, 0.25) is 0 Å². The van der Waals surface area contributed by atoms with E-state index in [2.05, 4.69) is 15.3 Å². The molecule has 0 aliphatic rings. The molecule has 0 bridgehead atoms. The first kappa shape index (κ1) is 21.2. The molecular formula is C23H16F4N4O. The minimum atomic E-state index is -4.56. The highest BCUT2D eigenvalue weighted by molar-refractivity contribution is 6.04. The van der Waals surface area contributed by atoms with Crippen LogP contribution in [0.2, 0.25) is 0 Å². The zero-order valence-electron chi connectivity index (χ0n) is 16.7. The van der Waals surface area contributed by atoms with E-state index in [1.54, 1.807) is 37.3 Å². The quantitative estimate of drug-likeness (QED) is 0.407. The van der Waals surface area contributed by atoms with E-state index >= 15 is 4.39 Å². The lowest BCUT2D eigenvalue weighted by molar-refractivity contribution is -0.137. The van der Waals surface area contributed by atoms with E-state index in [-0.39, 0.29) is 22.3 Å². The van der Waals surface area contributed by atoms with Gasteiger partial charge >= 0.3 is 6.18 Å². The molecule has 0 radical (unpaired) electrons. The number of nitrogens with two attached hydrogens (primary N) is 1. The first-order valence-corrected chi connectivity index (χ1v) is 9.43. The highest BCUT2D eigenvalue weighted by Crippen LogP contribution is 2.34. The Kier molecular flexibility index (Phi) is 5.25. The monoisotopic (exact) mass is 440 g/mol. The van der Waals surface area contributed by atoms with E-state index in [0.29, 0.717) is 16.8 Å². The van der Waals surface area contributed by atoms with Crippen molar-refractivity contribution in [3.8, 4) is 11.1 Å². The molecule has 0 spiro atoms. The highest BCUT2D eigenvalue weighted by Gasteiger charge is 2.31. The Bertz CT molecular complexity index is 1350. The topological polar surface area (TPSA) is 80.9 Å². The number of benzene rings is 3. The van der Waals surface area contributed by atoms with Gasteiger partial charge in [-0.2, -0.15) is 13.2 Å². The van der Waals surface area contributed by atoms with Crippen LogP contribution in [0.1, 0.15) is 21.5 Å². The van der Waals surface area contributed by atoms with E-state index in [4.69, 9.17) is 5.73 Å². The number of fused-ring (bicyclic) bond motifs is 1. The fourth-order valence-electron chi connectivity index (χ4n) is 3.37. The van der Waals surface area contributed by atoms with E-state index in [1.807, 2.05) is 0 Å². The number of nitrogens with zero attached hydrogens (tertiary/aromatic N) is 2. The van der Waals surface area contributed by atoms with Crippen molar-refractivity contribution in [1.82, 2.24) is 9.97 Å². The Morgan fingerprint density at radius 2 is 1.78 bits per heavy atom. The lowest BCUT2D eigenvalue weighted by Gasteiger charge is -2.13. The van der Waals surface area contributed by atoms with Crippen molar-refractivity contribution in [3.63, 3.8) is 0 Å². The number of halogens is 4. The zero-order chi connectivity index (χ0) is 23.0. The summed E-state index contributed by atoms with van der Waals surface area (Å²) in [5, 5.41) is 2.65. The highest BCUT2D eigenvalue weighted by atomic mass is 19.4. The van der Waals surface area contributed by atoms with E-state index in [0.717, 1.165) is 23.8 Å².